The number of phenols is 1. The third kappa shape index (κ3) is 2.65. The van der Waals surface area contributed by atoms with Gasteiger partial charge in [-0.15, -0.1) is 0 Å². The number of aromatic hydroxyl groups is 1. The first-order chi connectivity index (χ1) is 8.99. The van der Waals surface area contributed by atoms with Crippen molar-refractivity contribution in [1.82, 2.24) is 0 Å². The van der Waals surface area contributed by atoms with Crippen LogP contribution in [0.3, 0.4) is 0 Å². The van der Waals surface area contributed by atoms with Crippen LogP contribution in [0.4, 0.5) is 15.8 Å². The average Bonchev–Trinajstić information content (AvgIpc) is 2.37. The summed E-state index contributed by atoms with van der Waals surface area (Å²) in [7, 11) is 0. The predicted octanol–water partition coefficient (Wildman–Crippen LogP) is 2.67. The number of para-hydroxylation sites is 1. The molecule has 0 aliphatic rings. The zero-order valence-corrected chi connectivity index (χ0v) is 10.3. The second-order valence-electron chi connectivity index (χ2n) is 4.16. The molecule has 4 nitrogen and oxygen atoms in total. The summed E-state index contributed by atoms with van der Waals surface area (Å²) in [4.78, 5) is 12.0. The minimum absolute atomic E-state index is 0.129. The summed E-state index contributed by atoms with van der Waals surface area (Å²) < 4.78 is 13.6. The molecule has 0 radical (unpaired) electrons. The number of nitrogens with two attached hydrogens (primary N) is 1. The quantitative estimate of drug-likeness (QED) is 0.574. The molecule has 2 rings (SSSR count). The zero-order chi connectivity index (χ0) is 14.0. The normalized spacial score (nSPS) is 10.2. The minimum Gasteiger partial charge on any atom is -0.506 e. The van der Waals surface area contributed by atoms with Crippen LogP contribution >= 0.6 is 0 Å². The summed E-state index contributed by atoms with van der Waals surface area (Å²) in [6, 6.07) is 8.64. The molecule has 0 saturated carbocycles. The number of amides is 1. The average molecular weight is 260 g/mol. The Kier molecular flexibility index (Phi) is 3.37. The van der Waals surface area contributed by atoms with Gasteiger partial charge in [0.1, 0.15) is 11.6 Å². The number of nitrogens with one attached hydrogen (secondary N) is 1. The van der Waals surface area contributed by atoms with Crippen LogP contribution < -0.4 is 11.1 Å². The van der Waals surface area contributed by atoms with Crippen LogP contribution in [0.2, 0.25) is 0 Å². The largest absolute Gasteiger partial charge is 0.506 e. The number of aryl methyl sites for hydroxylation is 1. The van der Waals surface area contributed by atoms with Crippen LogP contribution in [-0.2, 0) is 0 Å². The molecule has 0 aromatic heterocycles. The van der Waals surface area contributed by atoms with Crippen LogP contribution in [0.5, 0.6) is 5.75 Å². The summed E-state index contributed by atoms with van der Waals surface area (Å²) in [5, 5.41) is 11.9. The molecule has 0 aliphatic carbocycles. The number of carbonyl (C=O) groups excluding carboxylic acids is 1. The van der Waals surface area contributed by atoms with E-state index in [1.807, 2.05) is 0 Å². The van der Waals surface area contributed by atoms with E-state index in [0.717, 1.165) is 0 Å². The van der Waals surface area contributed by atoms with Gasteiger partial charge in [0.25, 0.3) is 5.91 Å². The van der Waals surface area contributed by atoms with Gasteiger partial charge in [0, 0.05) is 5.56 Å². The Hall–Kier alpha value is -2.56. The number of phenolic OH excluding ortho intramolecular Hbond substituents is 1. The second kappa shape index (κ2) is 4.97. The van der Waals surface area contributed by atoms with E-state index in [0.29, 0.717) is 5.56 Å². The van der Waals surface area contributed by atoms with Crippen LogP contribution in [0, 0.1) is 12.7 Å². The standard InChI is InChI=1S/C14H13FN2O2/c1-8-3-2-4-10(15)13(8)17-14(19)9-5-6-11(16)12(18)7-9/h2-7,18H,16H2,1H3,(H,17,19). The lowest BCUT2D eigenvalue weighted by molar-refractivity contribution is 0.102. The van der Waals surface area contributed by atoms with Gasteiger partial charge in [0.05, 0.1) is 11.4 Å². The third-order valence-corrected chi connectivity index (χ3v) is 2.75. The van der Waals surface area contributed by atoms with Crippen molar-refractivity contribution in [3.63, 3.8) is 0 Å². The third-order valence-electron chi connectivity index (χ3n) is 2.75. The molecule has 5 heteroatoms. The Labute approximate surface area is 109 Å². The molecular weight excluding hydrogens is 247 g/mol. The summed E-state index contributed by atoms with van der Waals surface area (Å²) in [5.74, 6) is -1.20. The number of rotatable bonds is 2. The molecule has 0 spiro atoms. The van der Waals surface area contributed by atoms with Crippen LogP contribution in [0.1, 0.15) is 15.9 Å². The highest BCUT2D eigenvalue weighted by atomic mass is 19.1. The van der Waals surface area contributed by atoms with Crippen LogP contribution in [0.15, 0.2) is 36.4 Å². The number of carbonyl (C=O) groups is 1. The van der Waals surface area contributed by atoms with E-state index in [2.05, 4.69) is 5.32 Å². The van der Waals surface area contributed by atoms with Crippen LogP contribution in [-0.4, -0.2) is 11.0 Å². The van der Waals surface area contributed by atoms with E-state index in [1.165, 1.54) is 24.3 Å². The predicted molar refractivity (Wildman–Crippen MR) is 71.6 cm³/mol. The van der Waals surface area contributed by atoms with Gasteiger partial charge in [0.2, 0.25) is 0 Å². The maximum absolute atomic E-state index is 13.6. The van der Waals surface area contributed by atoms with Crippen molar-refractivity contribution < 1.29 is 14.3 Å². The van der Waals surface area contributed by atoms with Crippen molar-refractivity contribution in [2.24, 2.45) is 0 Å². The fourth-order valence-corrected chi connectivity index (χ4v) is 1.66. The van der Waals surface area contributed by atoms with Crippen molar-refractivity contribution in [1.29, 1.82) is 0 Å². The van der Waals surface area contributed by atoms with Gasteiger partial charge in [-0.05, 0) is 36.8 Å². The molecule has 2 aromatic carbocycles. The monoisotopic (exact) mass is 260 g/mol. The van der Waals surface area contributed by atoms with Crippen molar-refractivity contribution in [2.45, 2.75) is 6.92 Å². The highest BCUT2D eigenvalue weighted by molar-refractivity contribution is 6.05. The molecule has 0 unspecified atom stereocenters. The Morgan fingerprint density at radius 1 is 1.32 bits per heavy atom. The molecule has 0 saturated heterocycles. The van der Waals surface area contributed by atoms with Crippen molar-refractivity contribution in [2.75, 3.05) is 11.1 Å². The van der Waals surface area contributed by atoms with Gasteiger partial charge in [-0.1, -0.05) is 12.1 Å². The van der Waals surface area contributed by atoms with E-state index in [1.54, 1.807) is 19.1 Å². The van der Waals surface area contributed by atoms with Gasteiger partial charge in [0.15, 0.2) is 0 Å². The molecule has 98 valence electrons. The van der Waals surface area contributed by atoms with Crippen LogP contribution in [0.25, 0.3) is 0 Å². The Bertz CT molecular complexity index is 621. The summed E-state index contributed by atoms with van der Waals surface area (Å²) >= 11 is 0. The number of hydrogen-bond acceptors (Lipinski definition) is 3. The number of hydrogen-bond donors (Lipinski definition) is 3. The van der Waals surface area contributed by atoms with Gasteiger partial charge in [-0.25, -0.2) is 4.39 Å². The molecule has 0 atom stereocenters. The van der Waals surface area contributed by atoms with Gasteiger partial charge >= 0.3 is 0 Å². The smallest absolute Gasteiger partial charge is 0.255 e. The maximum Gasteiger partial charge on any atom is 0.255 e. The van der Waals surface area contributed by atoms with Gasteiger partial charge in [-0.2, -0.15) is 0 Å². The fraction of sp³-hybridized carbons (Fsp3) is 0.0714. The number of nitrogen functional groups attached to an aromatic ring is 1. The van der Waals surface area contributed by atoms with E-state index < -0.39 is 11.7 Å². The molecule has 2 aromatic rings. The SMILES string of the molecule is Cc1cccc(F)c1NC(=O)c1ccc(N)c(O)c1. The van der Waals surface area contributed by atoms with E-state index >= 15 is 0 Å². The maximum atomic E-state index is 13.6. The first kappa shape index (κ1) is 12.9. The van der Waals surface area contributed by atoms with E-state index in [4.69, 9.17) is 5.73 Å². The zero-order valence-electron chi connectivity index (χ0n) is 10.3. The molecule has 4 N–H and O–H groups in total. The number of anilines is 2. The number of benzene rings is 2. The number of halogens is 1. The topological polar surface area (TPSA) is 75.4 Å². The lowest BCUT2D eigenvalue weighted by Gasteiger charge is -2.10. The minimum atomic E-state index is -0.511. The Morgan fingerprint density at radius 3 is 2.68 bits per heavy atom. The molecule has 0 bridgehead atoms. The molecule has 0 heterocycles. The molecule has 0 aliphatic heterocycles. The van der Waals surface area contributed by atoms with Crippen molar-refractivity contribution in [3.05, 3.63) is 53.3 Å². The second-order valence-corrected chi connectivity index (χ2v) is 4.16. The van der Waals surface area contributed by atoms with Gasteiger partial charge < -0.3 is 16.2 Å². The van der Waals surface area contributed by atoms with Gasteiger partial charge in [-0.3, -0.25) is 4.79 Å². The van der Waals surface area contributed by atoms with Crippen molar-refractivity contribution >= 4 is 17.3 Å². The fourth-order valence-electron chi connectivity index (χ4n) is 1.66. The Balaban J connectivity index is 2.28. The summed E-state index contributed by atoms with van der Waals surface area (Å²) in [5.41, 5.74) is 6.58. The highest BCUT2D eigenvalue weighted by Crippen LogP contribution is 2.23. The molecule has 19 heavy (non-hydrogen) atoms. The highest BCUT2D eigenvalue weighted by Gasteiger charge is 2.12. The lowest BCUT2D eigenvalue weighted by atomic mass is 10.1. The first-order valence-electron chi connectivity index (χ1n) is 5.64. The lowest BCUT2D eigenvalue weighted by Crippen LogP contribution is -2.14. The molecule has 1 amide bonds. The molecule has 0 fully saturated rings. The summed E-state index contributed by atoms with van der Waals surface area (Å²) in [6.07, 6.45) is 0. The van der Waals surface area contributed by atoms with E-state index in [9.17, 15) is 14.3 Å². The first-order valence-corrected chi connectivity index (χ1v) is 5.64. The Morgan fingerprint density at radius 2 is 2.05 bits per heavy atom. The molecular formula is C14H13FN2O2. The van der Waals surface area contributed by atoms with Crippen molar-refractivity contribution in [3.8, 4) is 5.75 Å². The van der Waals surface area contributed by atoms with E-state index in [-0.39, 0.29) is 22.7 Å². The summed E-state index contributed by atoms with van der Waals surface area (Å²) in [6.45, 7) is 1.69.